The van der Waals surface area contributed by atoms with Crippen molar-refractivity contribution in [1.29, 1.82) is 0 Å². The van der Waals surface area contributed by atoms with E-state index in [1.54, 1.807) is 6.07 Å². The molecule has 0 aliphatic heterocycles. The molecule has 0 fully saturated rings. The van der Waals surface area contributed by atoms with E-state index in [0.29, 0.717) is 17.3 Å². The number of halogens is 2. The molecule has 2 aromatic rings. The van der Waals surface area contributed by atoms with Gasteiger partial charge < -0.3 is 10.5 Å². The van der Waals surface area contributed by atoms with Crippen LogP contribution in [0.3, 0.4) is 0 Å². The van der Waals surface area contributed by atoms with Crippen LogP contribution in [0.5, 0.6) is 5.75 Å². The van der Waals surface area contributed by atoms with E-state index in [4.69, 9.17) is 22.1 Å². The van der Waals surface area contributed by atoms with Crippen molar-refractivity contribution in [2.45, 2.75) is 13.5 Å². The number of hydrogen-bond donors (Lipinski definition) is 1. The first kappa shape index (κ1) is 13.2. The van der Waals surface area contributed by atoms with Crippen LogP contribution in [0.4, 0.5) is 5.69 Å². The highest BCUT2D eigenvalue weighted by molar-refractivity contribution is 9.10. The molecule has 0 heterocycles. The van der Waals surface area contributed by atoms with Crippen molar-refractivity contribution in [3.05, 3.63) is 57.0 Å². The average molecular weight is 327 g/mol. The standard InChI is InChI=1S/C14H13BrClNO/c1-9-2-4-11(15)7-14(9)18-8-10-3-5-12(16)13(17)6-10/h2-7H,8,17H2,1H3. The number of ether oxygens (including phenoxy) is 1. The van der Waals surface area contributed by atoms with Crippen LogP contribution in [0.2, 0.25) is 5.02 Å². The maximum absolute atomic E-state index is 5.87. The number of anilines is 1. The Kier molecular flexibility index (Phi) is 4.15. The minimum Gasteiger partial charge on any atom is -0.489 e. The molecule has 0 spiro atoms. The predicted octanol–water partition coefficient (Wildman–Crippen LogP) is 4.57. The second-order valence-electron chi connectivity index (χ2n) is 4.05. The number of nitrogens with two attached hydrogens (primary N) is 1. The normalized spacial score (nSPS) is 10.4. The zero-order valence-corrected chi connectivity index (χ0v) is 12.3. The van der Waals surface area contributed by atoms with Crippen LogP contribution in [-0.2, 0) is 6.61 Å². The molecular formula is C14H13BrClNO. The fourth-order valence-corrected chi connectivity index (χ4v) is 2.03. The van der Waals surface area contributed by atoms with Crippen molar-refractivity contribution < 1.29 is 4.74 Å². The Morgan fingerprint density at radius 1 is 1.22 bits per heavy atom. The monoisotopic (exact) mass is 325 g/mol. The zero-order chi connectivity index (χ0) is 13.1. The lowest BCUT2D eigenvalue weighted by Gasteiger charge is -2.10. The number of hydrogen-bond acceptors (Lipinski definition) is 2. The van der Waals surface area contributed by atoms with Gasteiger partial charge in [0.1, 0.15) is 12.4 Å². The van der Waals surface area contributed by atoms with Crippen molar-refractivity contribution in [3.63, 3.8) is 0 Å². The number of aryl methyl sites for hydroxylation is 1. The van der Waals surface area contributed by atoms with Crippen LogP contribution in [0, 0.1) is 6.92 Å². The molecule has 94 valence electrons. The molecule has 0 unspecified atom stereocenters. The molecule has 0 aliphatic carbocycles. The second-order valence-corrected chi connectivity index (χ2v) is 5.38. The lowest BCUT2D eigenvalue weighted by atomic mass is 10.2. The van der Waals surface area contributed by atoms with Crippen LogP contribution in [0.25, 0.3) is 0 Å². The first-order valence-electron chi connectivity index (χ1n) is 5.49. The quantitative estimate of drug-likeness (QED) is 0.838. The van der Waals surface area contributed by atoms with Gasteiger partial charge in [0.15, 0.2) is 0 Å². The Bertz CT molecular complexity index is 572. The Hall–Kier alpha value is -1.19. The second kappa shape index (κ2) is 5.63. The lowest BCUT2D eigenvalue weighted by Crippen LogP contribution is -1.98. The van der Waals surface area contributed by atoms with Crippen LogP contribution in [-0.4, -0.2) is 0 Å². The molecular weight excluding hydrogens is 314 g/mol. The van der Waals surface area contributed by atoms with Crippen LogP contribution in [0.15, 0.2) is 40.9 Å². The van der Waals surface area contributed by atoms with Gasteiger partial charge >= 0.3 is 0 Å². The maximum Gasteiger partial charge on any atom is 0.123 e. The molecule has 0 amide bonds. The van der Waals surface area contributed by atoms with Gasteiger partial charge in [0, 0.05) is 4.47 Å². The van der Waals surface area contributed by atoms with Gasteiger partial charge in [-0.25, -0.2) is 0 Å². The molecule has 2 nitrogen and oxygen atoms in total. The van der Waals surface area contributed by atoms with Crippen LogP contribution < -0.4 is 10.5 Å². The number of benzene rings is 2. The first-order chi connectivity index (χ1) is 8.56. The Morgan fingerprint density at radius 2 is 2.00 bits per heavy atom. The molecule has 0 atom stereocenters. The smallest absolute Gasteiger partial charge is 0.123 e. The molecule has 18 heavy (non-hydrogen) atoms. The summed E-state index contributed by atoms with van der Waals surface area (Å²) in [6.07, 6.45) is 0. The van der Waals surface area contributed by atoms with Crippen LogP contribution >= 0.6 is 27.5 Å². The summed E-state index contributed by atoms with van der Waals surface area (Å²) in [4.78, 5) is 0. The van der Waals surface area contributed by atoms with Crippen molar-refractivity contribution in [2.24, 2.45) is 0 Å². The molecule has 2 N–H and O–H groups in total. The summed E-state index contributed by atoms with van der Waals surface area (Å²) in [5.41, 5.74) is 8.42. The molecule has 2 aromatic carbocycles. The molecule has 0 radical (unpaired) electrons. The number of rotatable bonds is 3. The summed E-state index contributed by atoms with van der Waals surface area (Å²) in [6.45, 7) is 2.48. The fraction of sp³-hybridized carbons (Fsp3) is 0.143. The maximum atomic E-state index is 5.87. The minimum absolute atomic E-state index is 0.471. The molecule has 0 aliphatic rings. The van der Waals surface area contributed by atoms with E-state index < -0.39 is 0 Å². The van der Waals surface area contributed by atoms with Gasteiger partial charge in [-0.2, -0.15) is 0 Å². The summed E-state index contributed by atoms with van der Waals surface area (Å²) in [6, 6.07) is 11.5. The Morgan fingerprint density at radius 3 is 2.72 bits per heavy atom. The topological polar surface area (TPSA) is 35.2 Å². The third-order valence-electron chi connectivity index (χ3n) is 2.60. The molecule has 2 rings (SSSR count). The van der Waals surface area contributed by atoms with E-state index in [-0.39, 0.29) is 0 Å². The first-order valence-corrected chi connectivity index (χ1v) is 6.66. The molecule has 0 saturated carbocycles. The Balaban J connectivity index is 2.11. The molecule has 4 heteroatoms. The Labute approximate surface area is 120 Å². The summed E-state index contributed by atoms with van der Waals surface area (Å²) < 4.78 is 6.77. The van der Waals surface area contributed by atoms with E-state index in [0.717, 1.165) is 21.3 Å². The van der Waals surface area contributed by atoms with Gasteiger partial charge in [-0.1, -0.05) is 39.7 Å². The zero-order valence-electron chi connectivity index (χ0n) is 9.91. The lowest BCUT2D eigenvalue weighted by molar-refractivity contribution is 0.304. The van der Waals surface area contributed by atoms with E-state index in [1.807, 2.05) is 37.3 Å². The summed E-state index contributed by atoms with van der Waals surface area (Å²) in [7, 11) is 0. The van der Waals surface area contributed by atoms with Crippen molar-refractivity contribution in [1.82, 2.24) is 0 Å². The van der Waals surface area contributed by atoms with Gasteiger partial charge in [0.2, 0.25) is 0 Å². The third kappa shape index (κ3) is 3.18. The summed E-state index contributed by atoms with van der Waals surface area (Å²) in [5, 5.41) is 0.567. The van der Waals surface area contributed by atoms with Crippen LogP contribution in [0.1, 0.15) is 11.1 Å². The van der Waals surface area contributed by atoms with Crippen molar-refractivity contribution >= 4 is 33.2 Å². The van der Waals surface area contributed by atoms with Crippen molar-refractivity contribution in [2.75, 3.05) is 5.73 Å². The van der Waals surface area contributed by atoms with E-state index in [9.17, 15) is 0 Å². The van der Waals surface area contributed by atoms with Gasteiger partial charge in [-0.15, -0.1) is 0 Å². The number of nitrogen functional groups attached to an aromatic ring is 1. The summed E-state index contributed by atoms with van der Waals surface area (Å²) in [5.74, 6) is 0.859. The van der Waals surface area contributed by atoms with Crippen molar-refractivity contribution in [3.8, 4) is 5.75 Å². The molecule has 0 aromatic heterocycles. The highest BCUT2D eigenvalue weighted by Crippen LogP contribution is 2.25. The minimum atomic E-state index is 0.471. The molecule has 0 saturated heterocycles. The summed E-state index contributed by atoms with van der Waals surface area (Å²) >= 11 is 9.30. The average Bonchev–Trinajstić information content (AvgIpc) is 2.34. The van der Waals surface area contributed by atoms with Gasteiger partial charge in [-0.3, -0.25) is 0 Å². The van der Waals surface area contributed by atoms with E-state index >= 15 is 0 Å². The largest absolute Gasteiger partial charge is 0.489 e. The highest BCUT2D eigenvalue weighted by atomic mass is 79.9. The SMILES string of the molecule is Cc1ccc(Br)cc1OCc1ccc(Cl)c(N)c1. The fourth-order valence-electron chi connectivity index (χ4n) is 1.57. The highest BCUT2D eigenvalue weighted by Gasteiger charge is 2.03. The van der Waals surface area contributed by atoms with E-state index in [1.165, 1.54) is 0 Å². The van der Waals surface area contributed by atoms with Gasteiger partial charge in [-0.05, 0) is 42.3 Å². The molecule has 0 bridgehead atoms. The predicted molar refractivity (Wildman–Crippen MR) is 79.1 cm³/mol. The third-order valence-corrected chi connectivity index (χ3v) is 3.44. The van der Waals surface area contributed by atoms with Gasteiger partial charge in [0.25, 0.3) is 0 Å². The van der Waals surface area contributed by atoms with Gasteiger partial charge in [0.05, 0.1) is 10.7 Å². The van der Waals surface area contributed by atoms with E-state index in [2.05, 4.69) is 15.9 Å².